The maximum absolute atomic E-state index is 12.9. The molecular weight excluding hydrogens is 394 g/mol. The van der Waals surface area contributed by atoms with Crippen molar-refractivity contribution in [2.24, 2.45) is 0 Å². The molecule has 2 fully saturated rings. The van der Waals surface area contributed by atoms with Crippen LogP contribution >= 0.6 is 0 Å². The van der Waals surface area contributed by atoms with Gasteiger partial charge >= 0.3 is 0 Å². The summed E-state index contributed by atoms with van der Waals surface area (Å²) in [5.74, 6) is 0.0217. The van der Waals surface area contributed by atoms with E-state index < -0.39 is 4.92 Å². The van der Waals surface area contributed by atoms with E-state index >= 15 is 0 Å². The van der Waals surface area contributed by atoms with Crippen molar-refractivity contribution in [2.75, 3.05) is 26.2 Å². The molecule has 0 bridgehead atoms. The zero-order valence-electron chi connectivity index (χ0n) is 17.3. The average Bonchev–Trinajstić information content (AvgIpc) is 3.49. The minimum absolute atomic E-state index is 0.0217. The molecule has 31 heavy (non-hydrogen) atoms. The Kier molecular flexibility index (Phi) is 5.15. The number of carbonyl (C=O) groups is 1. The van der Waals surface area contributed by atoms with Crippen LogP contribution in [0.1, 0.15) is 36.0 Å². The third-order valence-corrected chi connectivity index (χ3v) is 6.57. The van der Waals surface area contributed by atoms with Crippen LogP contribution in [0, 0.1) is 10.1 Å². The van der Waals surface area contributed by atoms with Crippen LogP contribution in [0.15, 0.2) is 42.7 Å². The number of benzene rings is 1. The lowest BCUT2D eigenvalue weighted by molar-refractivity contribution is -0.384. The van der Waals surface area contributed by atoms with Crippen molar-refractivity contribution in [3.05, 3.63) is 58.4 Å². The van der Waals surface area contributed by atoms with Gasteiger partial charge < -0.3 is 14.8 Å². The molecule has 0 aliphatic carbocycles. The minimum Gasteiger partial charge on any atom is -0.360 e. The van der Waals surface area contributed by atoms with E-state index in [0.29, 0.717) is 17.3 Å². The van der Waals surface area contributed by atoms with E-state index in [2.05, 4.69) is 14.9 Å². The number of aromatic amines is 1. The van der Waals surface area contributed by atoms with Gasteiger partial charge in [-0.3, -0.25) is 19.9 Å². The number of fused-ring (bicyclic) bond motifs is 1. The zero-order valence-corrected chi connectivity index (χ0v) is 17.3. The van der Waals surface area contributed by atoms with Gasteiger partial charge in [0.15, 0.2) is 0 Å². The lowest BCUT2D eigenvalue weighted by atomic mass is 10.0. The highest BCUT2D eigenvalue weighted by Gasteiger charge is 2.28. The van der Waals surface area contributed by atoms with Gasteiger partial charge in [0.1, 0.15) is 0 Å². The van der Waals surface area contributed by atoms with Gasteiger partial charge in [0.05, 0.1) is 16.2 Å². The van der Waals surface area contributed by atoms with Crippen molar-refractivity contribution in [3.63, 3.8) is 0 Å². The molecule has 2 aliphatic rings. The Morgan fingerprint density at radius 3 is 2.55 bits per heavy atom. The first-order valence-electron chi connectivity index (χ1n) is 10.9. The monoisotopic (exact) mass is 419 g/mol. The summed E-state index contributed by atoms with van der Waals surface area (Å²) in [4.78, 5) is 35.8. The van der Waals surface area contributed by atoms with Crippen LogP contribution in [0.3, 0.4) is 0 Å². The van der Waals surface area contributed by atoms with Gasteiger partial charge in [-0.05, 0) is 57.0 Å². The molecule has 1 aromatic carbocycles. The number of aromatic nitrogens is 2. The number of nitrogens with zero attached hydrogens (tertiary/aromatic N) is 4. The van der Waals surface area contributed by atoms with E-state index in [1.807, 2.05) is 11.0 Å². The van der Waals surface area contributed by atoms with E-state index in [-0.39, 0.29) is 11.6 Å². The number of non-ortho nitro benzene ring substituents is 1. The number of H-pyrrole nitrogens is 1. The van der Waals surface area contributed by atoms with Gasteiger partial charge in [-0.1, -0.05) is 0 Å². The van der Waals surface area contributed by atoms with E-state index in [1.165, 1.54) is 32.0 Å². The Bertz CT molecular complexity index is 1110. The Hall–Kier alpha value is -3.26. The van der Waals surface area contributed by atoms with Gasteiger partial charge in [0, 0.05) is 60.1 Å². The van der Waals surface area contributed by atoms with Gasteiger partial charge in [-0.15, -0.1) is 0 Å². The number of pyridine rings is 1. The van der Waals surface area contributed by atoms with Crippen molar-refractivity contribution < 1.29 is 9.72 Å². The molecule has 0 spiro atoms. The molecule has 0 radical (unpaired) electrons. The molecule has 160 valence electrons. The summed E-state index contributed by atoms with van der Waals surface area (Å²) >= 11 is 0. The summed E-state index contributed by atoms with van der Waals surface area (Å²) in [6.45, 7) is 3.96. The molecule has 8 heteroatoms. The molecule has 0 unspecified atom stereocenters. The molecule has 2 saturated heterocycles. The molecule has 0 atom stereocenters. The fourth-order valence-corrected chi connectivity index (χ4v) is 4.84. The number of likely N-dealkylation sites (tertiary alicyclic amines) is 2. The first-order valence-corrected chi connectivity index (χ1v) is 10.9. The lowest BCUT2D eigenvalue weighted by Crippen LogP contribution is -2.45. The average molecular weight is 419 g/mol. The summed E-state index contributed by atoms with van der Waals surface area (Å²) in [7, 11) is 0. The molecule has 3 aromatic rings. The maximum Gasteiger partial charge on any atom is 0.270 e. The van der Waals surface area contributed by atoms with E-state index in [0.717, 1.165) is 42.4 Å². The molecule has 0 saturated carbocycles. The molecule has 1 amide bonds. The molecule has 2 aliphatic heterocycles. The Morgan fingerprint density at radius 2 is 1.87 bits per heavy atom. The highest BCUT2D eigenvalue weighted by Crippen LogP contribution is 2.30. The summed E-state index contributed by atoms with van der Waals surface area (Å²) in [6, 6.07) is 8.94. The smallest absolute Gasteiger partial charge is 0.270 e. The van der Waals surface area contributed by atoms with Gasteiger partial charge in [0.25, 0.3) is 11.6 Å². The van der Waals surface area contributed by atoms with Crippen LogP contribution in [-0.4, -0.2) is 62.8 Å². The van der Waals surface area contributed by atoms with Gasteiger partial charge in [-0.25, -0.2) is 0 Å². The van der Waals surface area contributed by atoms with Gasteiger partial charge in [-0.2, -0.15) is 0 Å². The maximum atomic E-state index is 12.9. The number of rotatable bonds is 4. The Labute approximate surface area is 180 Å². The van der Waals surface area contributed by atoms with Crippen LogP contribution in [0.25, 0.3) is 22.2 Å². The molecule has 5 rings (SSSR count). The fraction of sp³-hybridized carbons (Fsp3) is 0.391. The van der Waals surface area contributed by atoms with Crippen molar-refractivity contribution >= 4 is 22.5 Å². The normalized spacial score (nSPS) is 18.0. The second-order valence-corrected chi connectivity index (χ2v) is 8.39. The highest BCUT2D eigenvalue weighted by atomic mass is 16.6. The second-order valence-electron chi connectivity index (χ2n) is 8.39. The van der Waals surface area contributed by atoms with Crippen LogP contribution in [0.2, 0.25) is 0 Å². The quantitative estimate of drug-likeness (QED) is 0.512. The van der Waals surface area contributed by atoms with Crippen molar-refractivity contribution in [1.82, 2.24) is 19.8 Å². The largest absolute Gasteiger partial charge is 0.360 e. The predicted octanol–water partition coefficient (Wildman–Crippen LogP) is 3.84. The topological polar surface area (TPSA) is 95.4 Å². The number of hydrogen-bond acceptors (Lipinski definition) is 5. The van der Waals surface area contributed by atoms with Crippen molar-refractivity contribution in [1.29, 1.82) is 0 Å². The van der Waals surface area contributed by atoms with Crippen LogP contribution < -0.4 is 0 Å². The van der Waals surface area contributed by atoms with Crippen molar-refractivity contribution in [2.45, 2.75) is 31.7 Å². The minimum atomic E-state index is -0.404. The van der Waals surface area contributed by atoms with Crippen LogP contribution in [0.5, 0.6) is 0 Å². The van der Waals surface area contributed by atoms with Crippen LogP contribution in [0.4, 0.5) is 5.69 Å². The van der Waals surface area contributed by atoms with Crippen LogP contribution in [-0.2, 0) is 0 Å². The Morgan fingerprint density at radius 1 is 1.10 bits per heavy atom. The second kappa shape index (κ2) is 8.11. The molecule has 2 aromatic heterocycles. The van der Waals surface area contributed by atoms with E-state index in [1.54, 1.807) is 30.6 Å². The van der Waals surface area contributed by atoms with Gasteiger partial charge in [0.2, 0.25) is 0 Å². The third-order valence-electron chi connectivity index (χ3n) is 6.57. The SMILES string of the molecule is O=C(c1ccc(-c2c[nH]c3ccc([N+](=O)[O-])cc23)nc1)N1CCC(N2CCCC2)CC1. The van der Waals surface area contributed by atoms with E-state index in [4.69, 9.17) is 0 Å². The number of nitrogens with one attached hydrogen (secondary N) is 1. The predicted molar refractivity (Wildman–Crippen MR) is 118 cm³/mol. The number of nitro groups is 1. The number of nitro benzene ring substituents is 1. The summed E-state index contributed by atoms with van der Waals surface area (Å²) in [5, 5.41) is 11.9. The first kappa shape index (κ1) is 19.7. The highest BCUT2D eigenvalue weighted by molar-refractivity contribution is 5.97. The van der Waals surface area contributed by atoms with Crippen molar-refractivity contribution in [3.8, 4) is 11.3 Å². The summed E-state index contributed by atoms with van der Waals surface area (Å²) < 4.78 is 0. The third kappa shape index (κ3) is 3.79. The number of amides is 1. The Balaban J connectivity index is 1.30. The molecule has 4 heterocycles. The number of carbonyl (C=O) groups excluding carboxylic acids is 1. The summed E-state index contributed by atoms with van der Waals surface area (Å²) in [6.07, 6.45) is 8.06. The standard InChI is InChI=1S/C23H25N5O3/c29-23(27-11-7-17(8-12-27)26-9-1-2-10-26)16-3-5-22(24-14-16)20-15-25-21-6-4-18(28(30)31)13-19(20)21/h3-6,13-15,17,25H,1-2,7-12H2. The number of piperidine rings is 1. The molecular formula is C23H25N5O3. The zero-order chi connectivity index (χ0) is 21.4. The number of hydrogen-bond donors (Lipinski definition) is 1. The lowest BCUT2D eigenvalue weighted by Gasteiger charge is -2.36. The summed E-state index contributed by atoms with van der Waals surface area (Å²) in [5.41, 5.74) is 2.88. The fourth-order valence-electron chi connectivity index (χ4n) is 4.84. The molecule has 8 nitrogen and oxygen atoms in total. The molecule has 1 N–H and O–H groups in total. The first-order chi connectivity index (χ1) is 15.1. The van der Waals surface area contributed by atoms with E-state index in [9.17, 15) is 14.9 Å².